The Bertz CT molecular complexity index is 647. The molecule has 0 saturated heterocycles. The summed E-state index contributed by atoms with van der Waals surface area (Å²) in [7, 11) is -2.61. The predicted molar refractivity (Wildman–Crippen MR) is 62.2 cm³/mol. The van der Waals surface area contributed by atoms with E-state index in [2.05, 4.69) is 0 Å². The van der Waals surface area contributed by atoms with E-state index < -0.39 is 13.0 Å². The molecule has 2 aromatic rings. The molecule has 3 nitrogen and oxygen atoms in total. The highest BCUT2D eigenvalue weighted by molar-refractivity contribution is 6.05. The van der Waals surface area contributed by atoms with E-state index in [4.69, 9.17) is 8.85 Å². The van der Waals surface area contributed by atoms with Gasteiger partial charge in [0.25, 0.3) is 0 Å². The first-order chi connectivity index (χ1) is 8.78. The molecule has 0 unspecified atom stereocenters. The van der Waals surface area contributed by atoms with E-state index in [1.807, 2.05) is 13.0 Å². The Kier molecular flexibility index (Phi) is 1.75. The summed E-state index contributed by atoms with van der Waals surface area (Å²) in [6.07, 6.45) is 0. The minimum Gasteiger partial charge on any atom is -0.497 e. The van der Waals surface area contributed by atoms with Crippen LogP contribution in [0.15, 0.2) is 30.3 Å². The molecule has 0 fully saturated rings. The predicted octanol–water partition coefficient (Wildman–Crippen LogP) is 2.86. The second-order valence-corrected chi connectivity index (χ2v) is 3.55. The van der Waals surface area contributed by atoms with Crippen LogP contribution in [-0.4, -0.2) is 18.1 Å². The number of hydrogen-bond acceptors (Lipinski definition) is 2. The van der Waals surface area contributed by atoms with Crippen LogP contribution in [0.3, 0.4) is 0 Å². The van der Waals surface area contributed by atoms with E-state index in [1.54, 1.807) is 18.2 Å². The molecule has 16 heavy (non-hydrogen) atoms. The third-order valence-corrected chi connectivity index (χ3v) is 2.54. The first-order valence-electron chi connectivity index (χ1n) is 6.23. The maximum Gasteiger partial charge on any atom is 0.336 e. The van der Waals surface area contributed by atoms with E-state index in [9.17, 15) is 9.90 Å². The van der Waals surface area contributed by atoms with Crippen molar-refractivity contribution in [2.24, 2.45) is 0 Å². The van der Waals surface area contributed by atoms with E-state index in [1.165, 1.54) is 6.07 Å². The van der Waals surface area contributed by atoms with Crippen LogP contribution in [0.1, 0.15) is 20.0 Å². The van der Waals surface area contributed by atoms with Crippen LogP contribution in [0.2, 0.25) is 0 Å². The molecular weight excluding hydrogens is 204 g/mol. The normalized spacial score (nSPS) is 13.9. The standard InChI is InChI=1S/C13H12O3/c1-8-4-3-5-10-11(8)6-9(16-2)7-12(10)13(14)15/h3-7H,1-2H3,(H,14,15)/i2D3. The minimum atomic E-state index is -2.61. The van der Waals surface area contributed by atoms with Gasteiger partial charge in [0.2, 0.25) is 0 Å². The van der Waals surface area contributed by atoms with Gasteiger partial charge in [0.1, 0.15) is 5.75 Å². The molecule has 0 aromatic heterocycles. The summed E-state index contributed by atoms with van der Waals surface area (Å²) in [5.74, 6) is -1.09. The van der Waals surface area contributed by atoms with Crippen LogP contribution in [0.25, 0.3) is 10.8 Å². The molecule has 0 bridgehead atoms. The molecule has 0 heterocycles. The lowest BCUT2D eigenvalue weighted by molar-refractivity contribution is 0.0698. The maximum absolute atomic E-state index is 11.2. The number of rotatable bonds is 2. The molecule has 0 spiro atoms. The van der Waals surface area contributed by atoms with Gasteiger partial charge in [-0.2, -0.15) is 0 Å². The highest BCUT2D eigenvalue weighted by Gasteiger charge is 2.11. The summed E-state index contributed by atoms with van der Waals surface area (Å²) in [6, 6.07) is 8.05. The van der Waals surface area contributed by atoms with Gasteiger partial charge in [-0.15, -0.1) is 0 Å². The highest BCUT2D eigenvalue weighted by atomic mass is 16.5. The highest BCUT2D eigenvalue weighted by Crippen LogP contribution is 2.27. The molecule has 0 atom stereocenters. The van der Waals surface area contributed by atoms with Crippen LogP contribution >= 0.6 is 0 Å². The number of hydrogen-bond donors (Lipinski definition) is 1. The van der Waals surface area contributed by atoms with Gasteiger partial charge in [0.15, 0.2) is 0 Å². The van der Waals surface area contributed by atoms with Crippen LogP contribution in [0, 0.1) is 6.92 Å². The summed E-state index contributed by atoms with van der Waals surface area (Å²) in [6.45, 7) is 1.83. The molecule has 2 aromatic carbocycles. The Morgan fingerprint density at radius 1 is 1.38 bits per heavy atom. The van der Waals surface area contributed by atoms with Crippen molar-refractivity contribution >= 4 is 16.7 Å². The molecule has 82 valence electrons. The Morgan fingerprint density at radius 2 is 2.19 bits per heavy atom. The number of benzene rings is 2. The fourth-order valence-corrected chi connectivity index (χ4v) is 1.75. The van der Waals surface area contributed by atoms with Gasteiger partial charge in [0, 0.05) is 0 Å². The number of carbonyl (C=O) groups is 1. The summed E-state index contributed by atoms with van der Waals surface area (Å²) in [5.41, 5.74) is 0.886. The zero-order chi connectivity index (χ0) is 14.2. The SMILES string of the molecule is [2H]C([2H])([2H])Oc1cc(C(=O)O)c2cccc(C)c2c1. The molecule has 2 rings (SSSR count). The van der Waals surface area contributed by atoms with Crippen LogP contribution in [-0.2, 0) is 0 Å². The van der Waals surface area contributed by atoms with Gasteiger partial charge >= 0.3 is 5.97 Å². The van der Waals surface area contributed by atoms with Gasteiger partial charge in [-0.3, -0.25) is 0 Å². The zero-order valence-electron chi connectivity index (χ0n) is 11.7. The molecule has 0 aliphatic carbocycles. The topological polar surface area (TPSA) is 46.5 Å². The minimum absolute atomic E-state index is 0.0270. The second-order valence-electron chi connectivity index (χ2n) is 3.55. The van der Waals surface area contributed by atoms with E-state index in [0.717, 1.165) is 5.56 Å². The molecule has 0 amide bonds. The second kappa shape index (κ2) is 3.85. The quantitative estimate of drug-likeness (QED) is 0.844. The Labute approximate surface area is 97.5 Å². The van der Waals surface area contributed by atoms with E-state index in [-0.39, 0.29) is 11.3 Å². The molecule has 0 aliphatic heterocycles. The van der Waals surface area contributed by atoms with Crippen LogP contribution in [0.4, 0.5) is 0 Å². The molecule has 1 N–H and O–H groups in total. The monoisotopic (exact) mass is 219 g/mol. The summed E-state index contributed by atoms with van der Waals surface area (Å²) in [4.78, 5) is 11.2. The van der Waals surface area contributed by atoms with E-state index in [0.29, 0.717) is 10.8 Å². The average Bonchev–Trinajstić information content (AvgIpc) is 2.27. The van der Waals surface area contributed by atoms with Crippen molar-refractivity contribution < 1.29 is 18.8 Å². The third-order valence-electron chi connectivity index (χ3n) is 2.54. The zero-order valence-corrected chi connectivity index (χ0v) is 8.65. The number of fused-ring (bicyclic) bond motifs is 1. The molecule has 0 aliphatic rings. The van der Waals surface area contributed by atoms with Crippen LogP contribution in [0.5, 0.6) is 5.75 Å². The summed E-state index contributed by atoms with van der Waals surface area (Å²) >= 11 is 0. The van der Waals surface area contributed by atoms with Gasteiger partial charge in [-0.05, 0) is 35.4 Å². The van der Waals surface area contributed by atoms with Crippen LogP contribution < -0.4 is 4.74 Å². The van der Waals surface area contributed by atoms with Crippen molar-refractivity contribution in [1.82, 2.24) is 0 Å². The average molecular weight is 219 g/mol. The van der Waals surface area contributed by atoms with Gasteiger partial charge in [-0.1, -0.05) is 18.2 Å². The lowest BCUT2D eigenvalue weighted by Gasteiger charge is -2.08. The van der Waals surface area contributed by atoms with Gasteiger partial charge in [-0.25, -0.2) is 4.79 Å². The van der Waals surface area contributed by atoms with Crippen molar-refractivity contribution in [3.05, 3.63) is 41.5 Å². The van der Waals surface area contributed by atoms with Crippen molar-refractivity contribution in [1.29, 1.82) is 0 Å². The van der Waals surface area contributed by atoms with Gasteiger partial charge in [0.05, 0.1) is 16.7 Å². The number of aromatic carboxylic acids is 1. The number of aryl methyl sites for hydroxylation is 1. The Hall–Kier alpha value is -2.03. The molecule has 0 radical (unpaired) electrons. The van der Waals surface area contributed by atoms with E-state index >= 15 is 0 Å². The van der Waals surface area contributed by atoms with Gasteiger partial charge < -0.3 is 9.84 Å². The lowest BCUT2D eigenvalue weighted by atomic mass is 10.0. The summed E-state index contributed by atoms with van der Waals surface area (Å²) in [5, 5.41) is 10.4. The first kappa shape index (κ1) is 7.28. The third kappa shape index (κ3) is 1.60. The molecular formula is C13H12O3. The lowest BCUT2D eigenvalue weighted by Crippen LogP contribution is -1.99. The Balaban J connectivity index is 2.69. The largest absolute Gasteiger partial charge is 0.497 e. The maximum atomic E-state index is 11.2. The number of carboxylic acids is 1. The fraction of sp³-hybridized carbons (Fsp3) is 0.154. The Morgan fingerprint density at radius 3 is 2.88 bits per heavy atom. The number of ether oxygens (including phenoxy) is 1. The van der Waals surface area contributed by atoms with Crippen molar-refractivity contribution in [2.75, 3.05) is 7.04 Å². The fourth-order valence-electron chi connectivity index (χ4n) is 1.75. The number of carboxylic acid groups (broad SMARTS) is 1. The molecule has 3 heteroatoms. The summed E-state index contributed by atoms with van der Waals surface area (Å²) < 4.78 is 26.0. The smallest absolute Gasteiger partial charge is 0.336 e. The van der Waals surface area contributed by atoms with Crippen molar-refractivity contribution in [2.45, 2.75) is 6.92 Å². The van der Waals surface area contributed by atoms with Crippen molar-refractivity contribution in [3.8, 4) is 5.75 Å². The van der Waals surface area contributed by atoms with Crippen molar-refractivity contribution in [3.63, 3.8) is 0 Å². The number of methoxy groups -OCH3 is 1. The molecule has 0 saturated carbocycles. The first-order valence-corrected chi connectivity index (χ1v) is 4.73.